The maximum absolute atomic E-state index is 12.0. The van der Waals surface area contributed by atoms with Crippen LogP contribution >= 0.6 is 11.8 Å². The minimum Gasteiger partial charge on any atom is -0.480 e. The molecule has 104 valence electrons. The Morgan fingerprint density at radius 1 is 1.44 bits per heavy atom. The quantitative estimate of drug-likeness (QED) is 0.804. The summed E-state index contributed by atoms with van der Waals surface area (Å²) in [5.74, 6) is 0.00173. The van der Waals surface area contributed by atoms with Crippen molar-refractivity contribution >= 4 is 23.8 Å². The summed E-state index contributed by atoms with van der Waals surface area (Å²) in [6.45, 7) is 6.67. The number of carboxylic acid groups (broad SMARTS) is 1. The first-order valence-corrected chi connectivity index (χ1v) is 7.46. The van der Waals surface area contributed by atoms with Crippen molar-refractivity contribution in [2.45, 2.75) is 45.0 Å². The number of carbonyl (C=O) groups excluding carboxylic acids is 1. The molecule has 18 heavy (non-hydrogen) atoms. The van der Waals surface area contributed by atoms with Crippen molar-refractivity contribution in [2.24, 2.45) is 5.92 Å². The number of nitrogens with zero attached hydrogens (tertiary/aromatic N) is 1. The van der Waals surface area contributed by atoms with E-state index in [4.69, 9.17) is 5.11 Å². The number of carboxylic acids is 1. The van der Waals surface area contributed by atoms with Gasteiger partial charge < -0.3 is 10.4 Å². The average Bonchev–Trinajstić information content (AvgIpc) is 2.72. The predicted molar refractivity (Wildman–Crippen MR) is 72.7 cm³/mol. The van der Waals surface area contributed by atoms with Crippen molar-refractivity contribution in [1.82, 2.24) is 10.2 Å². The molecule has 1 rings (SSSR count). The largest absolute Gasteiger partial charge is 0.480 e. The van der Waals surface area contributed by atoms with Crippen LogP contribution in [0.1, 0.15) is 33.6 Å². The number of amides is 2. The number of hydrogen-bond donors (Lipinski definition) is 2. The molecule has 1 heterocycles. The van der Waals surface area contributed by atoms with Crippen LogP contribution in [0, 0.1) is 5.92 Å². The minimum atomic E-state index is -0.926. The van der Waals surface area contributed by atoms with Crippen LogP contribution in [0.2, 0.25) is 0 Å². The highest BCUT2D eigenvalue weighted by Gasteiger charge is 2.39. The lowest BCUT2D eigenvalue weighted by Gasteiger charge is -2.26. The normalized spacial score (nSPS) is 23.4. The van der Waals surface area contributed by atoms with Crippen molar-refractivity contribution in [3.8, 4) is 0 Å². The van der Waals surface area contributed by atoms with Crippen molar-refractivity contribution < 1.29 is 14.7 Å². The Hall–Kier alpha value is -0.910. The standard InChI is InChI=1S/C12H22N2O3S/c1-4-9(5-2)6-13-12(17)14-8(3)18-7-10(14)11(15)16/h8-10H,4-7H2,1-3H3,(H,13,17)(H,15,16). The first kappa shape index (κ1) is 15.1. The molecule has 0 spiro atoms. The molecular weight excluding hydrogens is 252 g/mol. The number of carbonyl (C=O) groups is 2. The average molecular weight is 274 g/mol. The Bertz CT molecular complexity index is 308. The zero-order valence-corrected chi connectivity index (χ0v) is 12.0. The van der Waals surface area contributed by atoms with E-state index in [-0.39, 0.29) is 11.4 Å². The van der Waals surface area contributed by atoms with Gasteiger partial charge in [-0.3, -0.25) is 4.90 Å². The molecular formula is C12H22N2O3S. The molecule has 0 aliphatic carbocycles. The van der Waals surface area contributed by atoms with Crippen molar-refractivity contribution in [3.63, 3.8) is 0 Å². The van der Waals surface area contributed by atoms with Crippen molar-refractivity contribution in [2.75, 3.05) is 12.3 Å². The zero-order chi connectivity index (χ0) is 13.7. The summed E-state index contributed by atoms with van der Waals surface area (Å²) in [5.41, 5.74) is 0. The first-order valence-electron chi connectivity index (χ1n) is 6.41. The predicted octanol–water partition coefficient (Wildman–Crippen LogP) is 1.98. The highest BCUT2D eigenvalue weighted by molar-refractivity contribution is 8.00. The Morgan fingerprint density at radius 3 is 2.56 bits per heavy atom. The third kappa shape index (κ3) is 3.54. The SMILES string of the molecule is CCC(CC)CNC(=O)N1C(C)SCC1C(=O)O. The lowest BCUT2D eigenvalue weighted by molar-refractivity contribution is -0.141. The summed E-state index contributed by atoms with van der Waals surface area (Å²) >= 11 is 1.50. The maximum atomic E-state index is 12.0. The molecule has 1 saturated heterocycles. The van der Waals surface area contributed by atoms with Crippen molar-refractivity contribution in [1.29, 1.82) is 0 Å². The van der Waals surface area contributed by atoms with Crippen LogP contribution in [-0.4, -0.2) is 45.7 Å². The fraction of sp³-hybridized carbons (Fsp3) is 0.833. The summed E-state index contributed by atoms with van der Waals surface area (Å²) in [5, 5.41) is 11.9. The second-order valence-corrected chi connectivity index (χ2v) is 5.91. The summed E-state index contributed by atoms with van der Waals surface area (Å²) in [6, 6.07) is -0.960. The van der Waals surface area contributed by atoms with Crippen LogP contribution < -0.4 is 5.32 Å². The van der Waals surface area contributed by atoms with E-state index in [2.05, 4.69) is 19.2 Å². The highest BCUT2D eigenvalue weighted by atomic mass is 32.2. The van der Waals surface area contributed by atoms with Crippen LogP contribution in [-0.2, 0) is 4.79 Å². The molecule has 2 atom stereocenters. The van der Waals surface area contributed by atoms with Crippen LogP contribution in [0.15, 0.2) is 0 Å². The Labute approximate surface area is 112 Å². The molecule has 0 aromatic carbocycles. The van der Waals surface area contributed by atoms with Gasteiger partial charge >= 0.3 is 12.0 Å². The molecule has 1 aliphatic rings. The monoisotopic (exact) mass is 274 g/mol. The number of nitrogens with one attached hydrogen (secondary N) is 1. The van der Waals surface area contributed by atoms with Gasteiger partial charge in [-0.15, -0.1) is 11.8 Å². The molecule has 0 bridgehead atoms. The van der Waals surface area contributed by atoms with Crippen molar-refractivity contribution in [3.05, 3.63) is 0 Å². The van der Waals surface area contributed by atoms with Gasteiger partial charge in [-0.2, -0.15) is 0 Å². The van der Waals surface area contributed by atoms with Crippen LogP contribution in [0.25, 0.3) is 0 Å². The maximum Gasteiger partial charge on any atom is 0.327 e. The summed E-state index contributed by atoms with van der Waals surface area (Å²) < 4.78 is 0. The van der Waals surface area contributed by atoms with Gasteiger partial charge in [0.25, 0.3) is 0 Å². The number of thioether (sulfide) groups is 1. The molecule has 2 unspecified atom stereocenters. The van der Waals surface area contributed by atoms with Crippen LogP contribution in [0.5, 0.6) is 0 Å². The van der Waals surface area contributed by atoms with Gasteiger partial charge in [0.1, 0.15) is 6.04 Å². The molecule has 1 aliphatic heterocycles. The second kappa shape index (κ2) is 6.87. The molecule has 0 radical (unpaired) electrons. The zero-order valence-electron chi connectivity index (χ0n) is 11.2. The van der Waals surface area contributed by atoms with E-state index in [1.165, 1.54) is 16.7 Å². The topological polar surface area (TPSA) is 69.6 Å². The van der Waals surface area contributed by atoms with E-state index in [0.717, 1.165) is 12.8 Å². The number of urea groups is 1. The van der Waals surface area contributed by atoms with Crippen LogP contribution in [0.3, 0.4) is 0 Å². The molecule has 1 fully saturated rings. The van der Waals surface area contributed by atoms with Gasteiger partial charge in [-0.05, 0) is 12.8 Å². The van der Waals surface area contributed by atoms with Gasteiger partial charge in [0.2, 0.25) is 0 Å². The van der Waals surface area contributed by atoms with Gasteiger partial charge in [0.05, 0.1) is 5.37 Å². The lowest BCUT2D eigenvalue weighted by Crippen LogP contribution is -2.50. The molecule has 2 N–H and O–H groups in total. The summed E-state index contributed by atoms with van der Waals surface area (Å²) in [7, 11) is 0. The number of aliphatic carboxylic acids is 1. The van der Waals surface area contributed by atoms with E-state index < -0.39 is 12.0 Å². The van der Waals surface area contributed by atoms with E-state index in [9.17, 15) is 9.59 Å². The Kier molecular flexibility index (Phi) is 5.78. The van der Waals surface area contributed by atoms with Gasteiger partial charge in [0, 0.05) is 12.3 Å². The third-order valence-electron chi connectivity index (χ3n) is 3.44. The second-order valence-electron chi connectivity index (χ2n) is 4.56. The molecule has 0 aromatic rings. The van der Waals surface area contributed by atoms with Crippen LogP contribution in [0.4, 0.5) is 4.79 Å². The molecule has 6 heteroatoms. The number of rotatable bonds is 5. The van der Waals surface area contributed by atoms with Gasteiger partial charge in [-0.1, -0.05) is 26.7 Å². The molecule has 0 saturated carbocycles. The third-order valence-corrected chi connectivity index (χ3v) is 4.66. The summed E-state index contributed by atoms with van der Waals surface area (Å²) in [6.07, 6.45) is 2.03. The fourth-order valence-electron chi connectivity index (χ4n) is 2.04. The molecule has 5 nitrogen and oxygen atoms in total. The van der Waals surface area contributed by atoms with Gasteiger partial charge in [0.15, 0.2) is 0 Å². The van der Waals surface area contributed by atoms with E-state index in [1.807, 2.05) is 6.92 Å². The molecule has 2 amide bonds. The van der Waals surface area contributed by atoms with E-state index in [0.29, 0.717) is 18.2 Å². The highest BCUT2D eigenvalue weighted by Crippen LogP contribution is 2.28. The lowest BCUT2D eigenvalue weighted by atomic mass is 10.0. The smallest absolute Gasteiger partial charge is 0.327 e. The minimum absolute atomic E-state index is 0.0761. The Balaban J connectivity index is 2.56. The Morgan fingerprint density at radius 2 is 2.06 bits per heavy atom. The first-order chi connectivity index (χ1) is 8.51. The fourth-order valence-corrected chi connectivity index (χ4v) is 3.21. The molecule has 0 aromatic heterocycles. The van der Waals surface area contributed by atoms with E-state index >= 15 is 0 Å². The number of hydrogen-bond acceptors (Lipinski definition) is 3. The summed E-state index contributed by atoms with van der Waals surface area (Å²) in [4.78, 5) is 24.6. The van der Waals surface area contributed by atoms with E-state index in [1.54, 1.807) is 0 Å². The van der Waals surface area contributed by atoms with Gasteiger partial charge in [-0.25, -0.2) is 9.59 Å².